The summed E-state index contributed by atoms with van der Waals surface area (Å²) in [6.07, 6.45) is 4.61. The van der Waals surface area contributed by atoms with Crippen LogP contribution in [0.3, 0.4) is 0 Å². The van der Waals surface area contributed by atoms with E-state index in [-0.39, 0.29) is 16.7 Å². The van der Waals surface area contributed by atoms with Gasteiger partial charge in [-0.3, -0.25) is 4.40 Å². The summed E-state index contributed by atoms with van der Waals surface area (Å²) in [5.74, 6) is 0. The van der Waals surface area contributed by atoms with Gasteiger partial charge in [0.1, 0.15) is 5.65 Å². The van der Waals surface area contributed by atoms with Crippen LogP contribution in [0.15, 0.2) is 41.9 Å². The normalized spacial score (nSPS) is 12.1. The molecule has 0 aliphatic rings. The first kappa shape index (κ1) is 13.1. The second kappa shape index (κ2) is 4.89. The van der Waals surface area contributed by atoms with E-state index in [1.807, 2.05) is 0 Å². The average Bonchev–Trinajstić information content (AvgIpc) is 3.02. The number of nitrogens with zero attached hydrogens (tertiary/aromatic N) is 3. The Kier molecular flexibility index (Phi) is 3.20. The highest BCUT2D eigenvalue weighted by molar-refractivity contribution is 7.89. The molecule has 9 heteroatoms. The number of H-pyrrole nitrogens is 1. The molecule has 3 rings (SSSR count). The summed E-state index contributed by atoms with van der Waals surface area (Å²) >= 11 is 5.94. The molecule has 0 spiro atoms. The number of hydrogen-bond acceptors (Lipinski definition) is 4. The molecule has 0 aliphatic carbocycles. The molecule has 104 valence electrons. The molecule has 0 radical (unpaired) electrons. The summed E-state index contributed by atoms with van der Waals surface area (Å²) in [5.41, 5.74) is 1.12. The first-order valence-electron chi connectivity index (χ1n) is 5.67. The Morgan fingerprint density at radius 2 is 2.25 bits per heavy atom. The second-order valence-electron chi connectivity index (χ2n) is 4.04. The zero-order valence-corrected chi connectivity index (χ0v) is 11.7. The summed E-state index contributed by atoms with van der Waals surface area (Å²) < 4.78 is 28.5. The minimum Gasteiger partial charge on any atom is -0.347 e. The van der Waals surface area contributed by atoms with Gasteiger partial charge < -0.3 is 4.98 Å². The Balaban J connectivity index is 1.98. The summed E-state index contributed by atoms with van der Waals surface area (Å²) in [7, 11) is -3.78. The van der Waals surface area contributed by atoms with Gasteiger partial charge in [-0.05, 0) is 12.1 Å². The minimum absolute atomic E-state index is 0.0617. The summed E-state index contributed by atoms with van der Waals surface area (Å²) in [6, 6.07) is 5.14. The van der Waals surface area contributed by atoms with E-state index < -0.39 is 10.0 Å². The number of pyridine rings is 1. The van der Waals surface area contributed by atoms with Gasteiger partial charge in [-0.15, -0.1) is 0 Å². The van der Waals surface area contributed by atoms with Crippen molar-refractivity contribution >= 4 is 27.3 Å². The van der Waals surface area contributed by atoms with Crippen molar-refractivity contribution in [2.45, 2.75) is 11.6 Å². The Morgan fingerprint density at radius 1 is 1.40 bits per heavy atom. The third kappa shape index (κ3) is 2.28. The van der Waals surface area contributed by atoms with E-state index in [1.54, 1.807) is 30.6 Å². The lowest BCUT2D eigenvalue weighted by atomic mass is 10.5. The quantitative estimate of drug-likeness (QED) is 0.757. The third-order valence-corrected chi connectivity index (χ3v) is 4.51. The van der Waals surface area contributed by atoms with Crippen LogP contribution in [0.1, 0.15) is 5.69 Å². The van der Waals surface area contributed by atoms with Gasteiger partial charge in [0, 0.05) is 18.1 Å². The zero-order chi connectivity index (χ0) is 14.2. The lowest BCUT2D eigenvalue weighted by molar-refractivity contribution is 0.575. The van der Waals surface area contributed by atoms with Crippen LogP contribution < -0.4 is 4.72 Å². The molecule has 2 N–H and O–H groups in total. The molecule has 0 saturated heterocycles. The van der Waals surface area contributed by atoms with Crippen molar-refractivity contribution in [2.75, 3.05) is 0 Å². The zero-order valence-electron chi connectivity index (χ0n) is 10.1. The first-order valence-corrected chi connectivity index (χ1v) is 7.53. The standard InChI is InChI=1S/C11H10ClN5O2S/c12-10-11(17-4-2-1-3-9(17)16-10)20(18,19)15-6-8-5-13-7-14-8/h1-5,7,15H,6H2,(H,13,14). The molecule has 3 aromatic rings. The van der Waals surface area contributed by atoms with Gasteiger partial charge in [-0.25, -0.2) is 23.1 Å². The predicted octanol–water partition coefficient (Wildman–Crippen LogP) is 1.19. The fourth-order valence-electron chi connectivity index (χ4n) is 1.81. The molecule has 20 heavy (non-hydrogen) atoms. The number of nitrogens with one attached hydrogen (secondary N) is 2. The Bertz CT molecular complexity index is 841. The van der Waals surface area contributed by atoms with Crippen LogP contribution in [0.25, 0.3) is 5.65 Å². The van der Waals surface area contributed by atoms with Crippen molar-refractivity contribution in [1.82, 2.24) is 24.1 Å². The molecular weight excluding hydrogens is 302 g/mol. The summed E-state index contributed by atoms with van der Waals surface area (Å²) in [4.78, 5) is 10.6. The van der Waals surface area contributed by atoms with E-state index in [2.05, 4.69) is 19.7 Å². The molecule has 0 aromatic carbocycles. The molecule has 0 atom stereocenters. The maximum Gasteiger partial charge on any atom is 0.260 e. The number of hydrogen-bond donors (Lipinski definition) is 2. The number of halogens is 1. The van der Waals surface area contributed by atoms with Crippen LogP contribution in [0.2, 0.25) is 5.15 Å². The number of aromatic amines is 1. The fraction of sp³-hybridized carbons (Fsp3) is 0.0909. The maximum absolute atomic E-state index is 12.3. The van der Waals surface area contributed by atoms with Crippen molar-refractivity contribution in [1.29, 1.82) is 0 Å². The SMILES string of the molecule is O=S(=O)(NCc1cnc[nH]1)c1c(Cl)nc2ccccn12. The van der Waals surface area contributed by atoms with E-state index >= 15 is 0 Å². The molecule has 0 unspecified atom stereocenters. The van der Waals surface area contributed by atoms with Gasteiger partial charge in [0.15, 0.2) is 10.2 Å². The third-order valence-electron chi connectivity index (χ3n) is 2.71. The van der Waals surface area contributed by atoms with Crippen LogP contribution in [-0.2, 0) is 16.6 Å². The van der Waals surface area contributed by atoms with Gasteiger partial charge in [0.25, 0.3) is 10.0 Å². The van der Waals surface area contributed by atoms with Gasteiger partial charge >= 0.3 is 0 Å². The molecule has 7 nitrogen and oxygen atoms in total. The second-order valence-corrected chi connectivity index (χ2v) is 6.08. The van der Waals surface area contributed by atoms with Crippen molar-refractivity contribution in [3.05, 3.63) is 47.8 Å². The Hall–Kier alpha value is -1.90. The number of aromatic nitrogens is 4. The van der Waals surface area contributed by atoms with Crippen LogP contribution in [0.5, 0.6) is 0 Å². The molecule has 0 amide bonds. The van der Waals surface area contributed by atoms with E-state index in [0.717, 1.165) is 0 Å². The average molecular weight is 312 g/mol. The van der Waals surface area contributed by atoms with Crippen LogP contribution in [0.4, 0.5) is 0 Å². The molecule has 3 heterocycles. The largest absolute Gasteiger partial charge is 0.347 e. The lowest BCUT2D eigenvalue weighted by Crippen LogP contribution is -2.25. The van der Waals surface area contributed by atoms with Crippen LogP contribution >= 0.6 is 11.6 Å². The minimum atomic E-state index is -3.78. The number of imidazole rings is 2. The Morgan fingerprint density at radius 3 is 3.00 bits per heavy atom. The predicted molar refractivity (Wildman–Crippen MR) is 72.8 cm³/mol. The Labute approximate surface area is 119 Å². The van der Waals surface area contributed by atoms with Crippen molar-refractivity contribution in [3.63, 3.8) is 0 Å². The highest BCUT2D eigenvalue weighted by Crippen LogP contribution is 2.22. The van der Waals surface area contributed by atoms with E-state index in [1.165, 1.54) is 10.7 Å². The van der Waals surface area contributed by atoms with Gasteiger partial charge in [-0.1, -0.05) is 17.7 Å². The smallest absolute Gasteiger partial charge is 0.260 e. The maximum atomic E-state index is 12.3. The van der Waals surface area contributed by atoms with E-state index in [9.17, 15) is 8.42 Å². The highest BCUT2D eigenvalue weighted by Gasteiger charge is 2.24. The molecule has 0 aliphatic heterocycles. The highest BCUT2D eigenvalue weighted by atomic mass is 35.5. The fourth-order valence-corrected chi connectivity index (χ4v) is 3.45. The summed E-state index contributed by atoms with van der Waals surface area (Å²) in [5, 5.41) is -0.136. The van der Waals surface area contributed by atoms with E-state index in [0.29, 0.717) is 11.3 Å². The molecule has 0 saturated carbocycles. The van der Waals surface area contributed by atoms with Crippen molar-refractivity contribution in [2.24, 2.45) is 0 Å². The van der Waals surface area contributed by atoms with Crippen LogP contribution in [-0.4, -0.2) is 27.8 Å². The number of rotatable bonds is 4. The molecule has 0 bridgehead atoms. The van der Waals surface area contributed by atoms with Crippen LogP contribution in [0, 0.1) is 0 Å². The number of fused-ring (bicyclic) bond motifs is 1. The van der Waals surface area contributed by atoms with Crippen molar-refractivity contribution < 1.29 is 8.42 Å². The first-order chi connectivity index (χ1) is 9.58. The molecular formula is C11H10ClN5O2S. The topological polar surface area (TPSA) is 92.1 Å². The summed E-state index contributed by atoms with van der Waals surface area (Å²) in [6.45, 7) is 0.0960. The molecule has 0 fully saturated rings. The lowest BCUT2D eigenvalue weighted by Gasteiger charge is -2.05. The number of sulfonamides is 1. The van der Waals surface area contributed by atoms with Gasteiger partial charge in [0.05, 0.1) is 12.9 Å². The van der Waals surface area contributed by atoms with Gasteiger partial charge in [0.2, 0.25) is 0 Å². The monoisotopic (exact) mass is 311 g/mol. The van der Waals surface area contributed by atoms with E-state index in [4.69, 9.17) is 11.6 Å². The van der Waals surface area contributed by atoms with Gasteiger partial charge in [-0.2, -0.15) is 0 Å². The molecule has 3 aromatic heterocycles. The van der Waals surface area contributed by atoms with Crippen molar-refractivity contribution in [3.8, 4) is 0 Å².